The lowest BCUT2D eigenvalue weighted by Crippen LogP contribution is -2.41. The average molecular weight is 347 g/mol. The largest absolute Gasteiger partial charge is 0.449 e. The molecule has 0 spiro atoms. The molecule has 1 saturated carbocycles. The molecule has 3 amide bonds. The number of hydrogen-bond donors (Lipinski definition) is 3. The van der Waals surface area contributed by atoms with Crippen LogP contribution < -0.4 is 16.4 Å². The quantitative estimate of drug-likeness (QED) is 0.561. The van der Waals surface area contributed by atoms with E-state index in [1.807, 2.05) is 0 Å². The van der Waals surface area contributed by atoms with Gasteiger partial charge in [0.2, 0.25) is 0 Å². The fraction of sp³-hybridized carbons (Fsp3) is 0.500. The Morgan fingerprint density at radius 1 is 1.08 bits per heavy atom. The molecule has 1 aromatic carbocycles. The van der Waals surface area contributed by atoms with Crippen molar-refractivity contribution in [1.29, 1.82) is 0 Å². The molecule has 7 heteroatoms. The number of carbonyl (C=O) groups excluding carboxylic acids is 3. The van der Waals surface area contributed by atoms with Crippen molar-refractivity contribution < 1.29 is 19.1 Å². The highest BCUT2D eigenvalue weighted by atomic mass is 16.5. The van der Waals surface area contributed by atoms with Crippen molar-refractivity contribution in [1.82, 2.24) is 5.32 Å². The number of carbonyl (C=O) groups is 3. The Kier molecular flexibility index (Phi) is 6.80. The molecule has 1 aromatic rings. The Bertz CT molecular complexity index is 607. The third-order valence-corrected chi connectivity index (χ3v) is 4.24. The number of hydrogen-bond acceptors (Lipinski definition) is 4. The molecule has 0 unspecified atom stereocenters. The second-order valence-corrected chi connectivity index (χ2v) is 6.31. The van der Waals surface area contributed by atoms with E-state index in [2.05, 4.69) is 10.6 Å². The first-order valence-corrected chi connectivity index (χ1v) is 8.63. The van der Waals surface area contributed by atoms with Crippen LogP contribution in [0.5, 0.6) is 0 Å². The van der Waals surface area contributed by atoms with Crippen molar-refractivity contribution in [2.75, 3.05) is 5.32 Å². The van der Waals surface area contributed by atoms with Crippen molar-refractivity contribution in [3.05, 3.63) is 29.8 Å². The minimum Gasteiger partial charge on any atom is -0.449 e. The van der Waals surface area contributed by atoms with Crippen molar-refractivity contribution in [3.63, 3.8) is 0 Å². The van der Waals surface area contributed by atoms with Gasteiger partial charge in [0.25, 0.3) is 5.91 Å². The minimum atomic E-state index is -0.862. The number of nitrogens with one attached hydrogen (secondary N) is 2. The van der Waals surface area contributed by atoms with Crippen LogP contribution in [0.2, 0.25) is 0 Å². The number of ether oxygens (including phenoxy) is 1. The Morgan fingerprint density at radius 2 is 1.68 bits per heavy atom. The maximum atomic E-state index is 12.2. The molecule has 0 aromatic heterocycles. The smallest absolute Gasteiger partial charge is 0.338 e. The van der Waals surface area contributed by atoms with Gasteiger partial charge >= 0.3 is 12.0 Å². The van der Waals surface area contributed by atoms with Gasteiger partial charge in [-0.25, -0.2) is 9.59 Å². The van der Waals surface area contributed by atoms with E-state index < -0.39 is 18.1 Å². The van der Waals surface area contributed by atoms with Crippen molar-refractivity contribution in [2.24, 2.45) is 5.73 Å². The molecule has 136 valence electrons. The van der Waals surface area contributed by atoms with Gasteiger partial charge in [0.05, 0.1) is 5.56 Å². The molecule has 0 aliphatic heterocycles. The molecule has 1 aliphatic rings. The minimum absolute atomic E-state index is 0.162. The van der Waals surface area contributed by atoms with Gasteiger partial charge < -0.3 is 21.1 Å². The molecule has 2 rings (SSSR count). The highest BCUT2D eigenvalue weighted by Crippen LogP contribution is 2.17. The van der Waals surface area contributed by atoms with Crippen LogP contribution in [0.4, 0.5) is 10.5 Å². The summed E-state index contributed by atoms with van der Waals surface area (Å²) in [4.78, 5) is 35.1. The van der Waals surface area contributed by atoms with E-state index in [4.69, 9.17) is 10.5 Å². The second-order valence-electron chi connectivity index (χ2n) is 6.31. The SMILES string of the molecule is C[C@@H](OC(=O)c1ccc(NC(N)=O)cc1)C(=O)NC1CCCCCC1. The first kappa shape index (κ1) is 18.8. The lowest BCUT2D eigenvalue weighted by molar-refractivity contribution is -0.129. The molecule has 4 N–H and O–H groups in total. The maximum absolute atomic E-state index is 12.2. The van der Waals surface area contributed by atoms with E-state index >= 15 is 0 Å². The number of rotatable bonds is 5. The molecule has 1 aliphatic carbocycles. The highest BCUT2D eigenvalue weighted by Gasteiger charge is 2.22. The van der Waals surface area contributed by atoms with Gasteiger partial charge in [0.15, 0.2) is 6.10 Å². The summed E-state index contributed by atoms with van der Waals surface area (Å²) in [6.07, 6.45) is 5.73. The van der Waals surface area contributed by atoms with Gasteiger partial charge in [-0.2, -0.15) is 0 Å². The van der Waals surface area contributed by atoms with Gasteiger partial charge in [0, 0.05) is 11.7 Å². The molecular formula is C18H25N3O4. The summed E-state index contributed by atoms with van der Waals surface area (Å²) in [5, 5.41) is 5.37. The van der Waals surface area contributed by atoms with Crippen molar-refractivity contribution >= 4 is 23.6 Å². The van der Waals surface area contributed by atoms with Gasteiger partial charge in [0.1, 0.15) is 0 Å². The third kappa shape index (κ3) is 6.10. The van der Waals surface area contributed by atoms with Crippen LogP contribution in [-0.2, 0) is 9.53 Å². The summed E-state index contributed by atoms with van der Waals surface area (Å²) in [6, 6.07) is 5.57. The molecule has 0 radical (unpaired) electrons. The van der Waals surface area contributed by atoms with Crippen LogP contribution in [0, 0.1) is 0 Å². The summed E-state index contributed by atoms with van der Waals surface area (Å²) in [6.45, 7) is 1.56. The van der Waals surface area contributed by atoms with Crippen LogP contribution >= 0.6 is 0 Å². The highest BCUT2D eigenvalue weighted by molar-refractivity contribution is 5.93. The maximum Gasteiger partial charge on any atom is 0.338 e. The molecular weight excluding hydrogens is 322 g/mol. The van der Waals surface area contributed by atoms with E-state index in [1.54, 1.807) is 6.92 Å². The summed E-state index contributed by atoms with van der Waals surface area (Å²) in [5.41, 5.74) is 5.79. The van der Waals surface area contributed by atoms with Crippen LogP contribution in [0.25, 0.3) is 0 Å². The van der Waals surface area contributed by atoms with E-state index in [0.717, 1.165) is 25.7 Å². The van der Waals surface area contributed by atoms with Crippen LogP contribution in [-0.4, -0.2) is 30.1 Å². The lowest BCUT2D eigenvalue weighted by Gasteiger charge is -2.19. The number of benzene rings is 1. The van der Waals surface area contributed by atoms with Gasteiger partial charge in [-0.05, 0) is 44.0 Å². The molecule has 1 fully saturated rings. The second kappa shape index (κ2) is 9.05. The summed E-state index contributed by atoms with van der Waals surface area (Å²) in [5.74, 6) is -0.860. The standard InChI is InChI=1S/C18H25N3O4/c1-12(16(22)20-14-6-4-2-3-5-7-14)25-17(23)13-8-10-15(11-9-13)21-18(19)24/h8-12,14H,2-7H2,1H3,(H,20,22)(H3,19,21,24)/t12-/m1/s1. The Balaban J connectivity index is 1.85. The number of anilines is 1. The van der Waals surface area contributed by atoms with E-state index in [9.17, 15) is 14.4 Å². The normalized spacial score (nSPS) is 16.4. The van der Waals surface area contributed by atoms with Gasteiger partial charge in [-0.15, -0.1) is 0 Å². The van der Waals surface area contributed by atoms with Crippen LogP contribution in [0.15, 0.2) is 24.3 Å². The Hall–Kier alpha value is -2.57. The predicted molar refractivity (Wildman–Crippen MR) is 94.2 cm³/mol. The zero-order chi connectivity index (χ0) is 18.2. The molecule has 0 heterocycles. The van der Waals surface area contributed by atoms with Crippen molar-refractivity contribution in [2.45, 2.75) is 57.6 Å². The molecule has 0 saturated heterocycles. The zero-order valence-electron chi connectivity index (χ0n) is 14.4. The zero-order valence-corrected chi connectivity index (χ0v) is 14.4. The topological polar surface area (TPSA) is 111 Å². The predicted octanol–water partition coefficient (Wildman–Crippen LogP) is 2.56. The first-order chi connectivity index (χ1) is 12.0. The number of urea groups is 1. The van der Waals surface area contributed by atoms with Crippen molar-refractivity contribution in [3.8, 4) is 0 Å². The Labute approximate surface area is 147 Å². The molecule has 0 bridgehead atoms. The van der Waals surface area contributed by atoms with Crippen LogP contribution in [0.3, 0.4) is 0 Å². The van der Waals surface area contributed by atoms with E-state index in [0.29, 0.717) is 11.3 Å². The summed E-state index contributed by atoms with van der Waals surface area (Å²) >= 11 is 0. The fourth-order valence-electron chi connectivity index (χ4n) is 2.86. The lowest BCUT2D eigenvalue weighted by atomic mass is 10.1. The third-order valence-electron chi connectivity index (χ3n) is 4.24. The first-order valence-electron chi connectivity index (χ1n) is 8.63. The number of esters is 1. The fourth-order valence-corrected chi connectivity index (χ4v) is 2.86. The molecule has 7 nitrogen and oxygen atoms in total. The summed E-state index contributed by atoms with van der Waals surface area (Å²) < 4.78 is 5.23. The number of primary amides is 1. The van der Waals surface area contributed by atoms with E-state index in [-0.39, 0.29) is 11.9 Å². The molecule has 1 atom stereocenters. The Morgan fingerprint density at radius 3 is 2.24 bits per heavy atom. The average Bonchev–Trinajstić information content (AvgIpc) is 2.83. The number of amides is 3. The van der Waals surface area contributed by atoms with Crippen LogP contribution in [0.1, 0.15) is 55.8 Å². The van der Waals surface area contributed by atoms with E-state index in [1.165, 1.54) is 37.1 Å². The van der Waals surface area contributed by atoms with Gasteiger partial charge in [-0.1, -0.05) is 25.7 Å². The monoisotopic (exact) mass is 347 g/mol. The summed E-state index contributed by atoms with van der Waals surface area (Å²) in [7, 11) is 0. The van der Waals surface area contributed by atoms with Gasteiger partial charge in [-0.3, -0.25) is 4.79 Å². The molecule has 25 heavy (non-hydrogen) atoms. The number of nitrogens with two attached hydrogens (primary N) is 1.